The lowest BCUT2D eigenvalue weighted by atomic mass is 10.1. The first-order valence-corrected chi connectivity index (χ1v) is 11.1. The molecule has 1 N–H and O–H groups in total. The van der Waals surface area contributed by atoms with E-state index in [-0.39, 0.29) is 18.2 Å². The quantitative estimate of drug-likeness (QED) is 0.381. The third-order valence-electron chi connectivity index (χ3n) is 4.82. The molecule has 10 heteroatoms. The van der Waals surface area contributed by atoms with Crippen molar-refractivity contribution in [1.82, 2.24) is 24.9 Å². The van der Waals surface area contributed by atoms with Crippen LogP contribution in [0.2, 0.25) is 0 Å². The van der Waals surface area contributed by atoms with Gasteiger partial charge in [-0.1, -0.05) is 42.1 Å². The summed E-state index contributed by atoms with van der Waals surface area (Å²) in [6.45, 7) is 1.25. The summed E-state index contributed by atoms with van der Waals surface area (Å²) in [5, 5.41) is 7.94. The highest BCUT2D eigenvalue weighted by atomic mass is 32.2. The minimum absolute atomic E-state index is 0.0727. The van der Waals surface area contributed by atoms with Gasteiger partial charge in [0.2, 0.25) is 5.16 Å². The second-order valence-electron chi connectivity index (χ2n) is 7.30. The molecule has 0 radical (unpaired) electrons. The first kappa shape index (κ1) is 22.7. The van der Waals surface area contributed by atoms with E-state index in [0.29, 0.717) is 22.3 Å². The normalized spacial score (nSPS) is 11.2. The van der Waals surface area contributed by atoms with Crippen molar-refractivity contribution in [2.75, 3.05) is 0 Å². The van der Waals surface area contributed by atoms with Crippen LogP contribution >= 0.6 is 11.8 Å². The molecule has 0 fully saturated rings. The maximum Gasteiger partial charge on any atom is 0.387 e. The number of halogens is 2. The summed E-state index contributed by atoms with van der Waals surface area (Å²) in [6, 6.07) is 15.4. The van der Waals surface area contributed by atoms with E-state index in [4.69, 9.17) is 0 Å². The third kappa shape index (κ3) is 5.64. The Labute approximate surface area is 193 Å². The average Bonchev–Trinajstić information content (AvgIpc) is 3.20. The number of ether oxygens (including phenoxy) is 1. The second-order valence-corrected chi connectivity index (χ2v) is 8.24. The number of alkyl halides is 2. The number of nitrogens with zero attached hydrogens (tertiary/aromatic N) is 4. The van der Waals surface area contributed by atoms with E-state index in [9.17, 15) is 13.6 Å². The molecule has 0 bridgehead atoms. The predicted molar refractivity (Wildman–Crippen MR) is 121 cm³/mol. The Hall–Kier alpha value is -3.53. The highest BCUT2D eigenvalue weighted by molar-refractivity contribution is 7.98. The molecule has 7 nitrogen and oxygen atoms in total. The number of carbonyl (C=O) groups excluding carboxylic acids is 1. The number of aromatic nitrogens is 4. The molecule has 0 spiro atoms. The maximum atomic E-state index is 12.8. The second kappa shape index (κ2) is 9.95. The summed E-state index contributed by atoms with van der Waals surface area (Å²) >= 11 is 1.43. The van der Waals surface area contributed by atoms with Crippen LogP contribution in [0.4, 0.5) is 8.78 Å². The first-order valence-electron chi connectivity index (χ1n) is 10.1. The number of fused-ring (bicyclic) bond motifs is 1. The summed E-state index contributed by atoms with van der Waals surface area (Å²) < 4.78 is 30.6. The molecular weight excluding hydrogens is 448 g/mol. The van der Waals surface area contributed by atoms with Crippen LogP contribution in [0.15, 0.2) is 59.8 Å². The molecule has 0 unspecified atom stereocenters. The van der Waals surface area contributed by atoms with Gasteiger partial charge in [-0.3, -0.25) is 4.79 Å². The predicted octanol–water partition coefficient (Wildman–Crippen LogP) is 4.56. The summed E-state index contributed by atoms with van der Waals surface area (Å²) in [4.78, 5) is 21.7. The van der Waals surface area contributed by atoms with E-state index in [0.717, 1.165) is 22.5 Å². The molecule has 170 valence electrons. The number of thioether (sulfide) groups is 1. The van der Waals surface area contributed by atoms with Crippen molar-refractivity contribution in [2.45, 2.75) is 37.9 Å². The molecule has 2 heterocycles. The van der Waals surface area contributed by atoms with Gasteiger partial charge in [0.05, 0.1) is 0 Å². The van der Waals surface area contributed by atoms with Gasteiger partial charge in [0, 0.05) is 29.2 Å². The fraction of sp³-hybridized carbons (Fsp3) is 0.217. The van der Waals surface area contributed by atoms with Crippen molar-refractivity contribution >= 4 is 23.4 Å². The number of rotatable bonds is 8. The standard InChI is InChI=1S/C23H21F2N5O2S/c1-14-11-15(2)30-22(27-14)28-23(29-30)33-13-17-5-3-4-6-19(17)20(31)26-12-16-7-9-18(10-8-16)32-21(24)25/h3-11,21H,12-13H2,1-2H3,(H,26,31). The molecule has 0 saturated carbocycles. The molecule has 0 atom stereocenters. The van der Waals surface area contributed by atoms with E-state index in [1.807, 2.05) is 32.0 Å². The van der Waals surface area contributed by atoms with E-state index in [1.54, 1.807) is 28.8 Å². The Kier molecular flexibility index (Phi) is 6.83. The molecule has 2 aromatic heterocycles. The van der Waals surface area contributed by atoms with Crippen LogP contribution < -0.4 is 10.1 Å². The zero-order valence-corrected chi connectivity index (χ0v) is 18.8. The van der Waals surface area contributed by atoms with Crippen LogP contribution in [0, 0.1) is 13.8 Å². The van der Waals surface area contributed by atoms with E-state index >= 15 is 0 Å². The minimum Gasteiger partial charge on any atom is -0.435 e. The monoisotopic (exact) mass is 469 g/mol. The van der Waals surface area contributed by atoms with Gasteiger partial charge in [-0.2, -0.15) is 13.8 Å². The van der Waals surface area contributed by atoms with Crippen molar-refractivity contribution < 1.29 is 18.3 Å². The van der Waals surface area contributed by atoms with Crippen LogP contribution in [0.3, 0.4) is 0 Å². The highest BCUT2D eigenvalue weighted by Gasteiger charge is 2.14. The SMILES string of the molecule is Cc1cc(C)n2nc(SCc3ccccc3C(=O)NCc3ccc(OC(F)F)cc3)nc2n1. The average molecular weight is 470 g/mol. The Morgan fingerprint density at radius 2 is 1.88 bits per heavy atom. The number of hydrogen-bond acceptors (Lipinski definition) is 6. The summed E-state index contributed by atoms with van der Waals surface area (Å²) in [7, 11) is 0. The fourth-order valence-electron chi connectivity index (χ4n) is 3.29. The minimum atomic E-state index is -2.87. The van der Waals surface area contributed by atoms with Crippen LogP contribution in [-0.2, 0) is 12.3 Å². The highest BCUT2D eigenvalue weighted by Crippen LogP contribution is 2.23. The van der Waals surface area contributed by atoms with E-state index in [2.05, 4.69) is 25.1 Å². The molecule has 0 aliphatic heterocycles. The largest absolute Gasteiger partial charge is 0.435 e. The molecule has 2 aromatic carbocycles. The van der Waals surface area contributed by atoms with E-state index in [1.165, 1.54) is 23.9 Å². The van der Waals surface area contributed by atoms with Gasteiger partial charge in [0.25, 0.3) is 11.7 Å². The maximum absolute atomic E-state index is 12.8. The van der Waals surface area contributed by atoms with Gasteiger partial charge < -0.3 is 10.1 Å². The molecule has 4 rings (SSSR count). The number of amides is 1. The number of hydrogen-bond donors (Lipinski definition) is 1. The zero-order valence-electron chi connectivity index (χ0n) is 18.0. The zero-order chi connectivity index (χ0) is 23.4. The van der Waals surface area contributed by atoms with Crippen molar-refractivity contribution in [3.05, 3.63) is 82.7 Å². The van der Waals surface area contributed by atoms with Gasteiger partial charge in [0.15, 0.2) is 0 Å². The van der Waals surface area contributed by atoms with Crippen LogP contribution in [0.25, 0.3) is 5.78 Å². The number of benzene rings is 2. The molecule has 0 saturated heterocycles. The molecule has 0 aliphatic carbocycles. The summed E-state index contributed by atoms with van der Waals surface area (Å²) in [5.41, 5.74) is 3.99. The Balaban J connectivity index is 1.40. The first-order chi connectivity index (χ1) is 15.9. The Morgan fingerprint density at radius 3 is 2.64 bits per heavy atom. The van der Waals surface area contributed by atoms with Crippen molar-refractivity contribution in [3.8, 4) is 5.75 Å². The van der Waals surface area contributed by atoms with Crippen LogP contribution in [-0.4, -0.2) is 32.1 Å². The van der Waals surface area contributed by atoms with Gasteiger partial charge >= 0.3 is 6.61 Å². The van der Waals surface area contributed by atoms with Crippen molar-refractivity contribution in [1.29, 1.82) is 0 Å². The molecule has 33 heavy (non-hydrogen) atoms. The van der Waals surface area contributed by atoms with E-state index < -0.39 is 6.61 Å². The lowest BCUT2D eigenvalue weighted by Crippen LogP contribution is -2.23. The fourth-order valence-corrected chi connectivity index (χ4v) is 4.11. The van der Waals surface area contributed by atoms with Gasteiger partial charge in [-0.25, -0.2) is 9.50 Å². The van der Waals surface area contributed by atoms with Crippen LogP contribution in [0.1, 0.15) is 32.9 Å². The molecule has 4 aromatic rings. The van der Waals surface area contributed by atoms with Crippen molar-refractivity contribution in [2.24, 2.45) is 0 Å². The topological polar surface area (TPSA) is 81.4 Å². The Morgan fingerprint density at radius 1 is 1.12 bits per heavy atom. The van der Waals surface area contributed by atoms with Crippen LogP contribution in [0.5, 0.6) is 5.75 Å². The lowest BCUT2D eigenvalue weighted by molar-refractivity contribution is -0.0498. The summed E-state index contributed by atoms with van der Waals surface area (Å²) in [6.07, 6.45) is 0. The summed E-state index contributed by atoms with van der Waals surface area (Å²) in [5.74, 6) is 0.905. The molecular formula is C23H21F2N5O2S. The molecule has 0 aliphatic rings. The Bertz CT molecular complexity index is 1280. The van der Waals surface area contributed by atoms with Gasteiger partial charge in [-0.15, -0.1) is 5.10 Å². The molecule has 1 amide bonds. The number of aryl methyl sites for hydroxylation is 2. The van der Waals surface area contributed by atoms with Gasteiger partial charge in [0.1, 0.15) is 5.75 Å². The smallest absolute Gasteiger partial charge is 0.387 e. The number of carbonyl (C=O) groups is 1. The number of nitrogens with one attached hydrogen (secondary N) is 1. The van der Waals surface area contributed by atoms with Gasteiger partial charge in [-0.05, 0) is 49.2 Å². The third-order valence-corrected chi connectivity index (χ3v) is 5.71. The van der Waals surface area contributed by atoms with Crippen molar-refractivity contribution in [3.63, 3.8) is 0 Å². The lowest BCUT2D eigenvalue weighted by Gasteiger charge is -2.10.